The first-order chi connectivity index (χ1) is 4.47. The number of fused-ring (bicyclic) bond motifs is 1. The zero-order valence-electron chi connectivity index (χ0n) is 4.83. The summed E-state index contributed by atoms with van der Waals surface area (Å²) in [6.07, 6.45) is 2.46. The highest BCUT2D eigenvalue weighted by Crippen LogP contribution is 2.12. The zero-order valence-corrected chi connectivity index (χ0v) is 4.83. The number of hydrogen-bond donors (Lipinski definition) is 1. The highest BCUT2D eigenvalue weighted by atomic mass is 15.2. The molecule has 46 valence electrons. The van der Waals surface area contributed by atoms with Crippen LogP contribution in [0.2, 0.25) is 0 Å². The molecular formula is C5H6N4. The van der Waals surface area contributed by atoms with Crippen LogP contribution in [0.5, 0.6) is 0 Å². The minimum atomic E-state index is 0.845. The Labute approximate surface area is 52.3 Å². The van der Waals surface area contributed by atoms with Gasteiger partial charge in [0.2, 0.25) is 0 Å². The molecule has 1 aliphatic heterocycles. The molecule has 2 rings (SSSR count). The van der Waals surface area contributed by atoms with Gasteiger partial charge < -0.3 is 5.32 Å². The molecule has 1 N–H and O–H groups in total. The molecule has 0 bridgehead atoms. The van der Waals surface area contributed by atoms with E-state index in [2.05, 4.69) is 20.5 Å². The summed E-state index contributed by atoms with van der Waals surface area (Å²) in [5, 5.41) is 10.5. The van der Waals surface area contributed by atoms with E-state index in [1.54, 1.807) is 0 Å². The van der Waals surface area contributed by atoms with Gasteiger partial charge in [0, 0.05) is 13.0 Å². The number of nitrogens with zero attached hydrogens (tertiary/aromatic N) is 3. The van der Waals surface area contributed by atoms with Gasteiger partial charge >= 0.3 is 0 Å². The predicted octanol–water partition coefficient (Wildman–Crippen LogP) is -0.160. The molecule has 0 saturated heterocycles. The van der Waals surface area contributed by atoms with Crippen LogP contribution in [-0.4, -0.2) is 21.7 Å². The minimum Gasteiger partial charge on any atom is -0.367 e. The first kappa shape index (κ1) is 4.67. The minimum absolute atomic E-state index is 0.845. The van der Waals surface area contributed by atoms with E-state index in [9.17, 15) is 0 Å². The van der Waals surface area contributed by atoms with Crippen molar-refractivity contribution in [1.82, 2.24) is 15.2 Å². The van der Waals surface area contributed by atoms with Crippen molar-refractivity contribution >= 4 is 5.82 Å². The average Bonchev–Trinajstić information content (AvgIpc) is 2.33. The van der Waals surface area contributed by atoms with Crippen molar-refractivity contribution in [2.24, 2.45) is 0 Å². The second-order valence-corrected chi connectivity index (χ2v) is 1.93. The third kappa shape index (κ3) is 0.630. The van der Waals surface area contributed by atoms with Gasteiger partial charge in [0.1, 0.15) is 6.33 Å². The smallest absolute Gasteiger partial charge is 0.170 e. The third-order valence-corrected chi connectivity index (χ3v) is 1.35. The summed E-state index contributed by atoms with van der Waals surface area (Å²) in [6, 6.07) is 0. The summed E-state index contributed by atoms with van der Waals surface area (Å²) >= 11 is 0. The SMILES string of the molecule is c1nnc2c(n1)CCN2. The Hall–Kier alpha value is -1.19. The standard InChI is InChI=1S/C5H6N4/c1-2-6-5-4(1)7-3-8-9-5/h3H,1-2H2,(H,6,9). The maximum atomic E-state index is 4.02. The van der Waals surface area contributed by atoms with E-state index in [0.29, 0.717) is 0 Å². The monoisotopic (exact) mass is 122 g/mol. The summed E-state index contributed by atoms with van der Waals surface area (Å²) in [5.74, 6) is 0.845. The molecule has 2 heterocycles. The van der Waals surface area contributed by atoms with Crippen molar-refractivity contribution in [3.63, 3.8) is 0 Å². The highest BCUT2D eigenvalue weighted by molar-refractivity contribution is 5.42. The molecule has 0 radical (unpaired) electrons. The van der Waals surface area contributed by atoms with Crippen LogP contribution >= 0.6 is 0 Å². The molecule has 0 amide bonds. The Morgan fingerprint density at radius 2 is 2.56 bits per heavy atom. The first-order valence-corrected chi connectivity index (χ1v) is 2.87. The van der Waals surface area contributed by atoms with Gasteiger partial charge in [-0.15, -0.1) is 10.2 Å². The summed E-state index contributed by atoms with van der Waals surface area (Å²) < 4.78 is 0. The molecule has 4 nitrogen and oxygen atoms in total. The fourth-order valence-corrected chi connectivity index (χ4v) is 0.918. The van der Waals surface area contributed by atoms with Crippen LogP contribution in [0.4, 0.5) is 5.82 Å². The van der Waals surface area contributed by atoms with Crippen LogP contribution in [-0.2, 0) is 6.42 Å². The summed E-state index contributed by atoms with van der Waals surface area (Å²) in [7, 11) is 0. The second kappa shape index (κ2) is 1.65. The maximum Gasteiger partial charge on any atom is 0.170 e. The highest BCUT2D eigenvalue weighted by Gasteiger charge is 2.10. The molecule has 0 aromatic carbocycles. The molecule has 0 saturated carbocycles. The zero-order chi connectivity index (χ0) is 6.10. The summed E-state index contributed by atoms with van der Waals surface area (Å²) in [4.78, 5) is 4.02. The number of hydrogen-bond acceptors (Lipinski definition) is 4. The molecule has 1 aromatic rings. The average molecular weight is 122 g/mol. The Balaban J connectivity index is 2.54. The quantitative estimate of drug-likeness (QED) is 0.519. The van der Waals surface area contributed by atoms with Gasteiger partial charge in [-0.3, -0.25) is 0 Å². The van der Waals surface area contributed by atoms with Gasteiger partial charge in [0.25, 0.3) is 0 Å². The number of aromatic nitrogens is 3. The topological polar surface area (TPSA) is 50.7 Å². The van der Waals surface area contributed by atoms with Crippen LogP contribution in [0.1, 0.15) is 5.69 Å². The Morgan fingerprint density at radius 3 is 3.44 bits per heavy atom. The normalized spacial score (nSPS) is 14.7. The van der Waals surface area contributed by atoms with Gasteiger partial charge in [-0.05, 0) is 0 Å². The Morgan fingerprint density at radius 1 is 1.56 bits per heavy atom. The molecule has 0 aliphatic carbocycles. The van der Waals surface area contributed by atoms with E-state index >= 15 is 0 Å². The van der Waals surface area contributed by atoms with Gasteiger partial charge in [0.15, 0.2) is 5.82 Å². The van der Waals surface area contributed by atoms with Crippen LogP contribution in [0.25, 0.3) is 0 Å². The lowest BCUT2D eigenvalue weighted by Crippen LogP contribution is -1.94. The molecule has 0 spiro atoms. The Kier molecular flexibility index (Phi) is 0.855. The van der Waals surface area contributed by atoms with Crippen LogP contribution in [0, 0.1) is 0 Å². The lowest BCUT2D eigenvalue weighted by atomic mass is 10.4. The fourth-order valence-electron chi connectivity index (χ4n) is 0.918. The van der Waals surface area contributed by atoms with Gasteiger partial charge in [0.05, 0.1) is 5.69 Å². The summed E-state index contributed by atoms with van der Waals surface area (Å²) in [6.45, 7) is 0.945. The Bertz CT molecular complexity index is 199. The van der Waals surface area contributed by atoms with Crippen LogP contribution in [0.3, 0.4) is 0 Å². The predicted molar refractivity (Wildman–Crippen MR) is 32.0 cm³/mol. The third-order valence-electron chi connectivity index (χ3n) is 1.35. The van der Waals surface area contributed by atoms with E-state index < -0.39 is 0 Å². The lowest BCUT2D eigenvalue weighted by Gasteiger charge is -1.90. The van der Waals surface area contributed by atoms with E-state index in [1.807, 2.05) is 0 Å². The van der Waals surface area contributed by atoms with Crippen molar-refractivity contribution in [1.29, 1.82) is 0 Å². The molecule has 0 unspecified atom stereocenters. The van der Waals surface area contributed by atoms with Crippen molar-refractivity contribution < 1.29 is 0 Å². The molecule has 4 heteroatoms. The van der Waals surface area contributed by atoms with Gasteiger partial charge in [-0.2, -0.15) is 0 Å². The molecule has 1 aromatic heterocycles. The van der Waals surface area contributed by atoms with Crippen molar-refractivity contribution in [3.05, 3.63) is 12.0 Å². The van der Waals surface area contributed by atoms with E-state index in [1.165, 1.54) is 6.33 Å². The van der Waals surface area contributed by atoms with Gasteiger partial charge in [-0.1, -0.05) is 0 Å². The van der Waals surface area contributed by atoms with Crippen LogP contribution < -0.4 is 5.32 Å². The fraction of sp³-hybridized carbons (Fsp3) is 0.400. The van der Waals surface area contributed by atoms with E-state index in [-0.39, 0.29) is 0 Å². The van der Waals surface area contributed by atoms with E-state index in [0.717, 1.165) is 24.5 Å². The maximum absolute atomic E-state index is 4.02. The molecule has 0 fully saturated rings. The van der Waals surface area contributed by atoms with Crippen molar-refractivity contribution in [2.75, 3.05) is 11.9 Å². The van der Waals surface area contributed by atoms with Crippen LogP contribution in [0.15, 0.2) is 6.33 Å². The number of nitrogens with one attached hydrogen (secondary N) is 1. The van der Waals surface area contributed by atoms with Crippen molar-refractivity contribution in [3.8, 4) is 0 Å². The van der Waals surface area contributed by atoms with Gasteiger partial charge in [-0.25, -0.2) is 4.98 Å². The largest absolute Gasteiger partial charge is 0.367 e. The molecule has 9 heavy (non-hydrogen) atoms. The number of anilines is 1. The molecule has 1 aliphatic rings. The first-order valence-electron chi connectivity index (χ1n) is 2.87. The van der Waals surface area contributed by atoms with Crippen molar-refractivity contribution in [2.45, 2.75) is 6.42 Å². The molecule has 0 atom stereocenters. The second-order valence-electron chi connectivity index (χ2n) is 1.93. The molecular weight excluding hydrogens is 116 g/mol. The number of rotatable bonds is 0. The lowest BCUT2D eigenvalue weighted by molar-refractivity contribution is 0.946. The summed E-state index contributed by atoms with van der Waals surface area (Å²) in [5.41, 5.74) is 1.03. The van der Waals surface area contributed by atoms with E-state index in [4.69, 9.17) is 0 Å².